The van der Waals surface area contributed by atoms with Gasteiger partial charge in [0, 0.05) is 0 Å². The van der Waals surface area contributed by atoms with Crippen molar-refractivity contribution in [2.24, 2.45) is 22.2 Å². The van der Waals surface area contributed by atoms with E-state index >= 15 is 0 Å². The highest BCUT2D eigenvalue weighted by atomic mass is 16.5. The van der Waals surface area contributed by atoms with Crippen LogP contribution in [0.1, 0.15) is 25.6 Å². The van der Waals surface area contributed by atoms with Crippen LogP contribution in [0.4, 0.5) is 0 Å². The maximum Gasteiger partial charge on any atom is 0.234 e. The molecule has 1 fully saturated rings. The van der Waals surface area contributed by atoms with Crippen LogP contribution in [0.15, 0.2) is 16.1 Å². The zero-order valence-electron chi connectivity index (χ0n) is 9.96. The van der Waals surface area contributed by atoms with Gasteiger partial charge in [0.15, 0.2) is 11.7 Å². The summed E-state index contributed by atoms with van der Waals surface area (Å²) < 4.78 is 4.56. The highest BCUT2D eigenvalue weighted by Crippen LogP contribution is 2.45. The molecule has 0 aromatic carbocycles. The molecule has 0 unspecified atom stereocenters. The zero-order chi connectivity index (χ0) is 13.2. The lowest BCUT2D eigenvalue weighted by molar-refractivity contribution is -0.133. The Kier molecular flexibility index (Phi) is 3.17. The molecule has 1 amide bonds. The van der Waals surface area contributed by atoms with Crippen molar-refractivity contribution in [3.05, 3.63) is 12.2 Å². The molecule has 1 saturated carbocycles. The van der Waals surface area contributed by atoms with Gasteiger partial charge in [0.05, 0.1) is 6.54 Å². The van der Waals surface area contributed by atoms with E-state index in [1.165, 1.54) is 6.39 Å². The molecule has 1 aromatic rings. The molecular weight excluding hydrogens is 238 g/mol. The van der Waals surface area contributed by atoms with Crippen LogP contribution in [0.3, 0.4) is 0 Å². The molecule has 0 bridgehead atoms. The summed E-state index contributed by atoms with van der Waals surface area (Å²) in [5.41, 5.74) is 4.71. The van der Waals surface area contributed by atoms with Gasteiger partial charge in [-0.05, 0) is 18.8 Å². The highest BCUT2D eigenvalue weighted by Gasteiger charge is 2.52. The lowest BCUT2D eigenvalue weighted by Gasteiger charge is -2.43. The Morgan fingerprint density at radius 1 is 1.78 bits per heavy atom. The van der Waals surface area contributed by atoms with Crippen LogP contribution < -0.4 is 11.1 Å². The molecule has 0 radical (unpaired) electrons. The molecule has 0 aliphatic heterocycles. The number of carbonyl (C=O) groups is 1. The van der Waals surface area contributed by atoms with Crippen LogP contribution >= 0.6 is 0 Å². The van der Waals surface area contributed by atoms with E-state index in [9.17, 15) is 4.79 Å². The Morgan fingerprint density at radius 3 is 3.00 bits per heavy atom. The van der Waals surface area contributed by atoms with E-state index < -0.39 is 5.41 Å². The molecular formula is C10H15N5O3. The first-order valence-electron chi connectivity index (χ1n) is 5.60. The van der Waals surface area contributed by atoms with Gasteiger partial charge < -0.3 is 20.8 Å². The number of nitrogens with zero attached hydrogens (tertiary/aromatic N) is 3. The minimum absolute atomic E-state index is 0.0498. The fourth-order valence-electron chi connectivity index (χ4n) is 2.34. The fourth-order valence-corrected chi connectivity index (χ4v) is 2.34. The first-order chi connectivity index (χ1) is 8.58. The second-order valence-electron chi connectivity index (χ2n) is 4.61. The van der Waals surface area contributed by atoms with Crippen LogP contribution in [0.5, 0.6) is 0 Å². The monoisotopic (exact) mass is 253 g/mol. The van der Waals surface area contributed by atoms with E-state index in [1.807, 2.05) is 6.92 Å². The molecule has 0 saturated heterocycles. The lowest BCUT2D eigenvalue weighted by atomic mass is 9.61. The van der Waals surface area contributed by atoms with Crippen molar-refractivity contribution < 1.29 is 14.5 Å². The third-order valence-corrected chi connectivity index (χ3v) is 3.24. The van der Waals surface area contributed by atoms with E-state index in [4.69, 9.17) is 10.9 Å². The Labute approximate surface area is 103 Å². The van der Waals surface area contributed by atoms with Gasteiger partial charge in [-0.15, -0.1) is 0 Å². The Morgan fingerprint density at radius 2 is 2.50 bits per heavy atom. The molecule has 1 aliphatic carbocycles. The molecule has 1 aromatic heterocycles. The van der Waals surface area contributed by atoms with Gasteiger partial charge in [-0.1, -0.05) is 17.2 Å². The summed E-state index contributed by atoms with van der Waals surface area (Å²) in [4.78, 5) is 15.9. The van der Waals surface area contributed by atoms with Crippen molar-refractivity contribution >= 4 is 11.7 Å². The van der Waals surface area contributed by atoms with Gasteiger partial charge in [-0.25, -0.2) is 0 Å². The number of nitrogens with two attached hydrogens (primary N) is 1. The summed E-state index contributed by atoms with van der Waals surface area (Å²) in [7, 11) is 0. The van der Waals surface area contributed by atoms with E-state index in [0.29, 0.717) is 24.6 Å². The number of nitrogens with one attached hydrogen (secondary N) is 1. The maximum absolute atomic E-state index is 12.1. The van der Waals surface area contributed by atoms with Gasteiger partial charge in [-0.3, -0.25) is 4.79 Å². The number of hydrogen-bond donors (Lipinski definition) is 3. The zero-order valence-corrected chi connectivity index (χ0v) is 9.96. The molecule has 0 atom stereocenters. The molecule has 0 spiro atoms. The van der Waals surface area contributed by atoms with Crippen LogP contribution in [0, 0.1) is 11.3 Å². The molecule has 2 rings (SSSR count). The van der Waals surface area contributed by atoms with Gasteiger partial charge >= 0.3 is 0 Å². The minimum Gasteiger partial charge on any atom is -0.409 e. The Bertz CT molecular complexity index is 450. The van der Waals surface area contributed by atoms with Crippen LogP contribution in [-0.4, -0.2) is 27.1 Å². The molecule has 8 heteroatoms. The van der Waals surface area contributed by atoms with Crippen molar-refractivity contribution in [3.63, 3.8) is 0 Å². The van der Waals surface area contributed by atoms with Crippen molar-refractivity contribution in [2.45, 2.75) is 26.3 Å². The first-order valence-corrected chi connectivity index (χ1v) is 5.60. The van der Waals surface area contributed by atoms with Crippen LogP contribution in [0.25, 0.3) is 0 Å². The predicted octanol–water partition coefficient (Wildman–Crippen LogP) is -0.151. The van der Waals surface area contributed by atoms with Crippen molar-refractivity contribution in [2.75, 3.05) is 0 Å². The molecule has 1 aliphatic rings. The molecule has 98 valence electrons. The summed E-state index contributed by atoms with van der Waals surface area (Å²) in [6.07, 6.45) is 2.33. The second-order valence-corrected chi connectivity index (χ2v) is 4.61. The second kappa shape index (κ2) is 4.63. The highest BCUT2D eigenvalue weighted by molar-refractivity contribution is 6.07. The number of hydrogen-bond acceptors (Lipinski definition) is 6. The quantitative estimate of drug-likeness (QED) is 0.296. The number of rotatable bonds is 4. The largest absolute Gasteiger partial charge is 0.409 e. The minimum atomic E-state index is -0.905. The average Bonchev–Trinajstić information content (AvgIpc) is 2.83. The summed E-state index contributed by atoms with van der Waals surface area (Å²) in [6.45, 7) is 2.17. The van der Waals surface area contributed by atoms with Gasteiger partial charge in [0.25, 0.3) is 0 Å². The van der Waals surface area contributed by atoms with E-state index in [1.54, 1.807) is 0 Å². The molecule has 4 N–H and O–H groups in total. The van der Waals surface area contributed by atoms with Gasteiger partial charge in [0.1, 0.15) is 5.41 Å². The molecule has 1 heterocycles. The summed E-state index contributed by atoms with van der Waals surface area (Å²) in [6, 6.07) is 0. The molecule has 8 nitrogen and oxygen atoms in total. The van der Waals surface area contributed by atoms with E-state index in [-0.39, 0.29) is 18.3 Å². The van der Waals surface area contributed by atoms with Crippen molar-refractivity contribution in [1.29, 1.82) is 0 Å². The summed E-state index contributed by atoms with van der Waals surface area (Å²) in [5.74, 6) is 0.429. The lowest BCUT2D eigenvalue weighted by Crippen LogP contribution is -2.56. The van der Waals surface area contributed by atoms with E-state index in [2.05, 4.69) is 25.1 Å². The third-order valence-electron chi connectivity index (χ3n) is 3.24. The van der Waals surface area contributed by atoms with Crippen molar-refractivity contribution in [1.82, 2.24) is 15.5 Å². The average molecular weight is 253 g/mol. The van der Waals surface area contributed by atoms with E-state index in [0.717, 1.165) is 0 Å². The summed E-state index contributed by atoms with van der Waals surface area (Å²) in [5, 5.41) is 18.0. The number of amidine groups is 1. The third kappa shape index (κ3) is 2.01. The fraction of sp³-hybridized carbons (Fsp3) is 0.600. The number of aromatic nitrogens is 2. The number of carbonyl (C=O) groups excluding carboxylic acids is 1. The van der Waals surface area contributed by atoms with Crippen LogP contribution in [-0.2, 0) is 11.3 Å². The number of amides is 1. The van der Waals surface area contributed by atoms with Crippen molar-refractivity contribution in [3.8, 4) is 0 Å². The Hall–Kier alpha value is -2.12. The molecule has 18 heavy (non-hydrogen) atoms. The summed E-state index contributed by atoms with van der Waals surface area (Å²) >= 11 is 0. The predicted molar refractivity (Wildman–Crippen MR) is 60.4 cm³/mol. The topological polar surface area (TPSA) is 127 Å². The number of oxime groups is 1. The SMILES string of the molecule is CC1CC(C(=O)NCc2ncon2)(C(N)=NO)C1. The van der Waals surface area contributed by atoms with Gasteiger partial charge in [-0.2, -0.15) is 4.98 Å². The maximum atomic E-state index is 12.1. The van der Waals surface area contributed by atoms with Gasteiger partial charge in [0.2, 0.25) is 12.3 Å². The Balaban J connectivity index is 2.01. The van der Waals surface area contributed by atoms with Crippen LogP contribution in [0.2, 0.25) is 0 Å². The normalized spacial score (nSPS) is 27.6. The standard InChI is InChI=1S/C10H15N5O3/c1-6-2-10(3-6,8(11)14-17)9(16)12-4-7-13-5-18-15-7/h5-6,17H,2-4H2,1H3,(H2,11,14)(H,12,16). The smallest absolute Gasteiger partial charge is 0.234 e. The first kappa shape index (κ1) is 12.3.